The van der Waals surface area contributed by atoms with E-state index < -0.39 is 23.2 Å². The Morgan fingerprint density at radius 3 is 2.29 bits per heavy atom. The maximum Gasteiger partial charge on any atom is 0.408 e. The Morgan fingerprint density at radius 1 is 1.24 bits per heavy atom. The molecule has 0 saturated carbocycles. The summed E-state index contributed by atoms with van der Waals surface area (Å²) in [6.07, 6.45) is 0.991. The van der Waals surface area contributed by atoms with Crippen LogP contribution >= 0.6 is 11.3 Å². The van der Waals surface area contributed by atoms with Crippen LogP contribution in [0.25, 0.3) is 0 Å². The number of nitrogens with zero attached hydrogens (tertiary/aromatic N) is 1. The Morgan fingerprint density at radius 2 is 1.86 bits per heavy atom. The Bertz CT molecular complexity index is 487. The molecule has 1 aromatic heterocycles. The molecule has 2 amide bonds. The first-order valence-electron chi connectivity index (χ1n) is 6.69. The Hall–Kier alpha value is -1.63. The first-order chi connectivity index (χ1) is 9.49. The van der Waals surface area contributed by atoms with Crippen molar-refractivity contribution in [1.82, 2.24) is 10.3 Å². The van der Waals surface area contributed by atoms with Gasteiger partial charge in [-0.05, 0) is 26.2 Å². The summed E-state index contributed by atoms with van der Waals surface area (Å²) in [6.45, 7) is 10.9. The summed E-state index contributed by atoms with van der Waals surface area (Å²) in [7, 11) is 0. The van der Waals surface area contributed by atoms with Crippen LogP contribution < -0.4 is 10.6 Å². The minimum absolute atomic E-state index is 0.316. The Balaban J connectivity index is 2.77. The summed E-state index contributed by atoms with van der Waals surface area (Å²) in [5.41, 5.74) is -1.07. The quantitative estimate of drug-likeness (QED) is 0.899. The lowest BCUT2D eigenvalue weighted by Gasteiger charge is -2.31. The van der Waals surface area contributed by atoms with Crippen LogP contribution in [0.1, 0.15) is 41.5 Å². The molecule has 0 radical (unpaired) electrons. The maximum absolute atomic E-state index is 12.3. The number of ether oxygens (including phenoxy) is 1. The minimum atomic E-state index is -0.726. The van der Waals surface area contributed by atoms with Gasteiger partial charge in [-0.3, -0.25) is 4.79 Å². The molecule has 0 aliphatic carbocycles. The fourth-order valence-corrected chi connectivity index (χ4v) is 2.10. The molecule has 118 valence electrons. The van der Waals surface area contributed by atoms with Gasteiger partial charge in [-0.25, -0.2) is 9.78 Å². The number of anilines is 1. The van der Waals surface area contributed by atoms with Crippen LogP contribution in [0.4, 0.5) is 9.93 Å². The second-order valence-corrected chi connectivity index (χ2v) is 7.67. The molecule has 0 saturated heterocycles. The van der Waals surface area contributed by atoms with Gasteiger partial charge in [0.1, 0.15) is 11.6 Å². The number of nitrogens with one attached hydrogen (secondary N) is 2. The topological polar surface area (TPSA) is 80.3 Å². The zero-order valence-electron chi connectivity index (χ0n) is 13.3. The molecule has 0 fully saturated rings. The predicted molar refractivity (Wildman–Crippen MR) is 83.4 cm³/mol. The molecule has 0 aliphatic heterocycles. The molecule has 1 rings (SSSR count). The lowest BCUT2D eigenvalue weighted by molar-refractivity contribution is -0.120. The third kappa shape index (κ3) is 6.12. The van der Waals surface area contributed by atoms with Gasteiger partial charge >= 0.3 is 6.09 Å². The number of amides is 2. The van der Waals surface area contributed by atoms with Gasteiger partial charge in [0.25, 0.3) is 0 Å². The highest BCUT2D eigenvalue weighted by Gasteiger charge is 2.34. The van der Waals surface area contributed by atoms with Crippen molar-refractivity contribution in [3.8, 4) is 0 Å². The van der Waals surface area contributed by atoms with Crippen molar-refractivity contribution in [1.29, 1.82) is 0 Å². The molecule has 0 unspecified atom stereocenters. The van der Waals surface area contributed by atoms with Crippen LogP contribution in [0.3, 0.4) is 0 Å². The van der Waals surface area contributed by atoms with Gasteiger partial charge in [0.2, 0.25) is 5.91 Å². The van der Waals surface area contributed by atoms with Gasteiger partial charge in [0.05, 0.1) is 0 Å². The molecule has 1 atom stereocenters. The standard InChI is InChI=1S/C14H23N3O3S/c1-13(2,3)9(16-12(19)20-14(4,5)6)10(18)17-11-15-7-8-21-11/h7-9H,1-6H3,(H,16,19)(H,15,17,18)/t9-/m1/s1. The van der Waals surface area contributed by atoms with E-state index in [4.69, 9.17) is 4.74 Å². The van der Waals surface area contributed by atoms with E-state index >= 15 is 0 Å². The summed E-state index contributed by atoms with van der Waals surface area (Å²) in [5.74, 6) is -0.316. The molecule has 1 heterocycles. The first kappa shape index (κ1) is 17.4. The fraction of sp³-hybridized carbons (Fsp3) is 0.643. The van der Waals surface area contributed by atoms with Crippen LogP contribution in [-0.4, -0.2) is 28.6 Å². The van der Waals surface area contributed by atoms with E-state index in [2.05, 4.69) is 15.6 Å². The van der Waals surface area contributed by atoms with Gasteiger partial charge in [0, 0.05) is 11.6 Å². The summed E-state index contributed by atoms with van der Waals surface area (Å²) < 4.78 is 5.21. The van der Waals surface area contributed by atoms with Crippen LogP contribution in [0, 0.1) is 5.41 Å². The average Bonchev–Trinajstić information content (AvgIpc) is 2.74. The van der Waals surface area contributed by atoms with Crippen molar-refractivity contribution >= 4 is 28.5 Å². The Labute approximate surface area is 129 Å². The number of alkyl carbamates (subject to hydrolysis) is 1. The number of carbonyl (C=O) groups excluding carboxylic acids is 2. The minimum Gasteiger partial charge on any atom is -0.444 e. The summed E-state index contributed by atoms with van der Waals surface area (Å²) in [5, 5.41) is 7.59. The Kier molecular flexibility index (Phi) is 5.33. The van der Waals surface area contributed by atoms with E-state index in [1.54, 1.807) is 32.3 Å². The number of rotatable bonds is 3. The molecule has 0 spiro atoms. The molecule has 0 bridgehead atoms. The van der Waals surface area contributed by atoms with E-state index in [9.17, 15) is 9.59 Å². The normalized spacial score (nSPS) is 13.4. The lowest BCUT2D eigenvalue weighted by atomic mass is 9.86. The smallest absolute Gasteiger partial charge is 0.408 e. The zero-order chi connectivity index (χ0) is 16.3. The maximum atomic E-state index is 12.3. The molecule has 21 heavy (non-hydrogen) atoms. The van der Waals surface area contributed by atoms with E-state index in [1.165, 1.54) is 11.3 Å². The van der Waals surface area contributed by atoms with Crippen molar-refractivity contribution in [2.75, 3.05) is 5.32 Å². The second-order valence-electron chi connectivity index (χ2n) is 6.77. The van der Waals surface area contributed by atoms with E-state index in [-0.39, 0.29) is 5.91 Å². The number of carbonyl (C=O) groups is 2. The van der Waals surface area contributed by atoms with Gasteiger partial charge in [-0.15, -0.1) is 11.3 Å². The third-order valence-corrected chi connectivity index (χ3v) is 3.14. The van der Waals surface area contributed by atoms with Gasteiger partial charge < -0.3 is 15.4 Å². The number of hydrogen-bond acceptors (Lipinski definition) is 5. The fourth-order valence-electron chi connectivity index (χ4n) is 1.56. The van der Waals surface area contributed by atoms with Crippen molar-refractivity contribution in [2.24, 2.45) is 5.41 Å². The summed E-state index contributed by atoms with van der Waals surface area (Å²) in [6, 6.07) is -0.726. The molecule has 0 aromatic carbocycles. The van der Waals surface area contributed by atoms with Crippen molar-refractivity contribution in [3.63, 3.8) is 0 Å². The van der Waals surface area contributed by atoms with Crippen molar-refractivity contribution in [2.45, 2.75) is 53.2 Å². The molecule has 2 N–H and O–H groups in total. The highest BCUT2D eigenvalue weighted by atomic mass is 32.1. The van der Waals surface area contributed by atoms with Crippen LogP contribution in [0.5, 0.6) is 0 Å². The highest BCUT2D eigenvalue weighted by Crippen LogP contribution is 2.22. The van der Waals surface area contributed by atoms with E-state index in [0.29, 0.717) is 5.13 Å². The molecular formula is C14H23N3O3S. The van der Waals surface area contributed by atoms with Gasteiger partial charge in [-0.1, -0.05) is 20.8 Å². The average molecular weight is 313 g/mol. The molecule has 1 aromatic rings. The lowest BCUT2D eigenvalue weighted by Crippen LogP contribution is -2.52. The predicted octanol–water partition coefficient (Wildman–Crippen LogP) is 3.02. The number of thiazole rings is 1. The van der Waals surface area contributed by atoms with E-state index in [1.807, 2.05) is 20.8 Å². The van der Waals surface area contributed by atoms with Crippen LogP contribution in [0.15, 0.2) is 11.6 Å². The SMILES string of the molecule is CC(C)(C)OC(=O)N[C@H](C(=O)Nc1nccs1)C(C)(C)C. The summed E-state index contributed by atoms with van der Waals surface area (Å²) in [4.78, 5) is 28.2. The van der Waals surface area contributed by atoms with Crippen LogP contribution in [-0.2, 0) is 9.53 Å². The molecule has 0 aliphatic rings. The van der Waals surface area contributed by atoms with E-state index in [0.717, 1.165) is 0 Å². The molecule has 6 nitrogen and oxygen atoms in total. The second kappa shape index (κ2) is 6.43. The van der Waals surface area contributed by atoms with Gasteiger partial charge in [0.15, 0.2) is 5.13 Å². The highest BCUT2D eigenvalue weighted by molar-refractivity contribution is 7.13. The molecule has 7 heteroatoms. The molecular weight excluding hydrogens is 290 g/mol. The number of hydrogen-bond donors (Lipinski definition) is 2. The van der Waals surface area contributed by atoms with Crippen LogP contribution in [0.2, 0.25) is 0 Å². The first-order valence-corrected chi connectivity index (χ1v) is 7.57. The van der Waals surface area contributed by atoms with Crippen molar-refractivity contribution in [3.05, 3.63) is 11.6 Å². The summed E-state index contributed by atoms with van der Waals surface area (Å²) >= 11 is 1.32. The van der Waals surface area contributed by atoms with Gasteiger partial charge in [-0.2, -0.15) is 0 Å². The number of aromatic nitrogens is 1. The largest absolute Gasteiger partial charge is 0.444 e. The van der Waals surface area contributed by atoms with Crippen molar-refractivity contribution < 1.29 is 14.3 Å². The monoisotopic (exact) mass is 313 g/mol. The zero-order valence-corrected chi connectivity index (χ0v) is 14.1. The third-order valence-electron chi connectivity index (χ3n) is 2.45.